The van der Waals surface area contributed by atoms with E-state index in [0.717, 1.165) is 12.3 Å². The Bertz CT molecular complexity index is 613. The first-order valence-electron chi connectivity index (χ1n) is 6.22. The lowest BCUT2D eigenvalue weighted by atomic mass is 9.97. The van der Waals surface area contributed by atoms with Crippen LogP contribution in [0.4, 0.5) is 5.69 Å². The summed E-state index contributed by atoms with van der Waals surface area (Å²) in [5.74, 6) is -1.98. The van der Waals surface area contributed by atoms with Gasteiger partial charge in [-0.3, -0.25) is 14.9 Å². The molecule has 0 bridgehead atoms. The predicted molar refractivity (Wildman–Crippen MR) is 72.2 cm³/mol. The van der Waals surface area contributed by atoms with E-state index in [1.165, 1.54) is 0 Å². The Morgan fingerprint density at radius 2 is 2.05 bits per heavy atom. The number of carboxylic acid groups (broad SMARTS) is 1. The summed E-state index contributed by atoms with van der Waals surface area (Å²) in [5.41, 5.74) is -2.30. The molecule has 0 unspecified atom stereocenters. The molecule has 1 fully saturated rings. The molecule has 9 heteroatoms. The number of amides is 1. The number of nitrogens with one attached hydrogen (secondary N) is 1. The van der Waals surface area contributed by atoms with Gasteiger partial charge in [0.1, 0.15) is 11.1 Å². The van der Waals surface area contributed by atoms with Crippen molar-refractivity contribution in [1.82, 2.24) is 10.3 Å². The number of nitrogens with zero attached hydrogens (tertiary/aromatic N) is 2. The van der Waals surface area contributed by atoms with E-state index in [2.05, 4.69) is 10.3 Å². The molecule has 0 saturated heterocycles. The van der Waals surface area contributed by atoms with E-state index < -0.39 is 33.2 Å². The molecule has 1 aromatic heterocycles. The van der Waals surface area contributed by atoms with Crippen LogP contribution in [-0.4, -0.2) is 32.4 Å². The Kier molecular flexibility index (Phi) is 4.08. The molecule has 1 aliphatic carbocycles. The van der Waals surface area contributed by atoms with Crippen LogP contribution in [0.2, 0.25) is 5.15 Å². The lowest BCUT2D eigenvalue weighted by Gasteiger charge is -2.25. The molecule has 1 heterocycles. The summed E-state index contributed by atoms with van der Waals surface area (Å²) in [6.45, 7) is 0. The summed E-state index contributed by atoms with van der Waals surface area (Å²) in [6.07, 6.45) is 3.09. The molecule has 0 atom stereocenters. The minimum absolute atomic E-state index is 0.292. The predicted octanol–water partition coefficient (Wildman–Crippen LogP) is 1.77. The Labute approximate surface area is 124 Å². The Morgan fingerprint density at radius 3 is 2.57 bits per heavy atom. The molecule has 112 valence electrons. The maximum Gasteiger partial charge on any atom is 0.329 e. The van der Waals surface area contributed by atoms with E-state index in [9.17, 15) is 24.8 Å². The van der Waals surface area contributed by atoms with Gasteiger partial charge in [0, 0.05) is 6.20 Å². The number of rotatable bonds is 4. The first-order chi connectivity index (χ1) is 9.87. The molecule has 1 amide bonds. The van der Waals surface area contributed by atoms with Gasteiger partial charge in [0.05, 0.1) is 4.92 Å². The van der Waals surface area contributed by atoms with Gasteiger partial charge in [-0.2, -0.15) is 0 Å². The Hall–Kier alpha value is -2.22. The highest BCUT2D eigenvalue weighted by molar-refractivity contribution is 6.32. The van der Waals surface area contributed by atoms with Crippen molar-refractivity contribution in [2.75, 3.05) is 0 Å². The smallest absolute Gasteiger partial charge is 0.329 e. The van der Waals surface area contributed by atoms with E-state index in [1.807, 2.05) is 0 Å². The quantitative estimate of drug-likeness (QED) is 0.496. The number of aliphatic carboxylic acids is 1. The van der Waals surface area contributed by atoms with E-state index >= 15 is 0 Å². The number of carbonyl (C=O) groups excluding carboxylic acids is 1. The van der Waals surface area contributed by atoms with E-state index in [1.54, 1.807) is 0 Å². The first kappa shape index (κ1) is 15.2. The highest BCUT2D eigenvalue weighted by Crippen LogP contribution is 2.32. The van der Waals surface area contributed by atoms with Crippen molar-refractivity contribution >= 4 is 29.2 Å². The van der Waals surface area contributed by atoms with Crippen LogP contribution in [0.5, 0.6) is 0 Å². The maximum atomic E-state index is 12.2. The molecule has 8 nitrogen and oxygen atoms in total. The lowest BCUT2D eigenvalue weighted by molar-refractivity contribution is -0.385. The summed E-state index contributed by atoms with van der Waals surface area (Å²) in [5, 5.41) is 22.3. The first-order valence-corrected chi connectivity index (χ1v) is 6.60. The van der Waals surface area contributed by atoms with Gasteiger partial charge in [-0.25, -0.2) is 9.78 Å². The molecular formula is C12H12ClN3O5. The fraction of sp³-hybridized carbons (Fsp3) is 0.417. The van der Waals surface area contributed by atoms with Gasteiger partial charge in [-0.15, -0.1) is 0 Å². The zero-order valence-corrected chi connectivity index (χ0v) is 11.6. The number of halogens is 1. The van der Waals surface area contributed by atoms with Crippen molar-refractivity contribution in [3.63, 3.8) is 0 Å². The minimum Gasteiger partial charge on any atom is -0.480 e. The van der Waals surface area contributed by atoms with Crippen LogP contribution >= 0.6 is 11.6 Å². The van der Waals surface area contributed by atoms with Crippen LogP contribution in [0.15, 0.2) is 12.3 Å². The van der Waals surface area contributed by atoms with Crippen molar-refractivity contribution in [1.29, 1.82) is 0 Å². The fourth-order valence-electron chi connectivity index (χ4n) is 2.44. The van der Waals surface area contributed by atoms with Crippen LogP contribution in [0.3, 0.4) is 0 Å². The van der Waals surface area contributed by atoms with Crippen molar-refractivity contribution < 1.29 is 19.6 Å². The van der Waals surface area contributed by atoms with Gasteiger partial charge in [0.2, 0.25) is 5.15 Å². The zero-order valence-electron chi connectivity index (χ0n) is 10.8. The number of carboxylic acids is 1. The van der Waals surface area contributed by atoms with Crippen molar-refractivity contribution in [2.24, 2.45) is 0 Å². The SMILES string of the molecule is O=C(NC1(C(=O)O)CCCC1)c1ccnc(Cl)c1[N+](=O)[O-]. The maximum absolute atomic E-state index is 12.2. The number of aromatic nitrogens is 1. The monoisotopic (exact) mass is 313 g/mol. The van der Waals surface area contributed by atoms with Crippen LogP contribution in [0, 0.1) is 10.1 Å². The molecule has 1 aromatic rings. The molecular weight excluding hydrogens is 302 g/mol. The normalized spacial score (nSPS) is 16.4. The third-order valence-corrected chi connectivity index (χ3v) is 3.80. The highest BCUT2D eigenvalue weighted by Gasteiger charge is 2.43. The lowest BCUT2D eigenvalue weighted by Crippen LogP contribution is -2.52. The second kappa shape index (κ2) is 5.65. The van der Waals surface area contributed by atoms with Gasteiger partial charge in [-0.1, -0.05) is 24.4 Å². The average molecular weight is 314 g/mol. The molecule has 0 aromatic carbocycles. The van der Waals surface area contributed by atoms with E-state index in [-0.39, 0.29) is 5.56 Å². The molecule has 1 saturated carbocycles. The summed E-state index contributed by atoms with van der Waals surface area (Å²) >= 11 is 5.63. The standard InChI is InChI=1S/C12H12ClN3O5/c13-9-8(16(20)21)7(3-6-14-9)10(17)15-12(11(18)19)4-1-2-5-12/h3,6H,1-2,4-5H2,(H,15,17)(H,18,19). The fourth-order valence-corrected chi connectivity index (χ4v) is 2.67. The van der Waals surface area contributed by atoms with Crippen molar-refractivity contribution in [3.05, 3.63) is 33.1 Å². The zero-order chi connectivity index (χ0) is 15.6. The van der Waals surface area contributed by atoms with Crippen LogP contribution in [0.25, 0.3) is 0 Å². The van der Waals surface area contributed by atoms with Crippen LogP contribution < -0.4 is 5.32 Å². The van der Waals surface area contributed by atoms with E-state index in [4.69, 9.17) is 11.6 Å². The number of pyridine rings is 1. The van der Waals surface area contributed by atoms with Crippen LogP contribution in [0.1, 0.15) is 36.0 Å². The summed E-state index contributed by atoms with van der Waals surface area (Å²) in [7, 11) is 0. The number of carbonyl (C=O) groups is 2. The Balaban J connectivity index is 2.35. The van der Waals surface area contributed by atoms with Gasteiger partial charge >= 0.3 is 11.7 Å². The molecule has 21 heavy (non-hydrogen) atoms. The van der Waals surface area contributed by atoms with Crippen molar-refractivity contribution in [2.45, 2.75) is 31.2 Å². The molecule has 0 radical (unpaired) electrons. The number of hydrogen-bond acceptors (Lipinski definition) is 5. The topological polar surface area (TPSA) is 122 Å². The van der Waals surface area contributed by atoms with Gasteiger partial charge < -0.3 is 10.4 Å². The molecule has 2 N–H and O–H groups in total. The average Bonchev–Trinajstić information content (AvgIpc) is 2.87. The Morgan fingerprint density at radius 1 is 1.43 bits per heavy atom. The largest absolute Gasteiger partial charge is 0.480 e. The molecule has 0 aliphatic heterocycles. The summed E-state index contributed by atoms with van der Waals surface area (Å²) in [6, 6.07) is 1.14. The number of hydrogen-bond donors (Lipinski definition) is 2. The van der Waals surface area contributed by atoms with Crippen molar-refractivity contribution in [3.8, 4) is 0 Å². The minimum atomic E-state index is -1.37. The van der Waals surface area contributed by atoms with Gasteiger partial charge in [0.15, 0.2) is 0 Å². The van der Waals surface area contributed by atoms with E-state index in [0.29, 0.717) is 25.7 Å². The summed E-state index contributed by atoms with van der Waals surface area (Å²) < 4.78 is 0. The second-order valence-corrected chi connectivity index (χ2v) is 5.16. The highest BCUT2D eigenvalue weighted by atomic mass is 35.5. The molecule has 2 rings (SSSR count). The molecule has 0 spiro atoms. The number of nitro groups is 1. The van der Waals surface area contributed by atoms with Gasteiger partial charge in [0.25, 0.3) is 5.91 Å². The second-order valence-electron chi connectivity index (χ2n) is 4.80. The third kappa shape index (κ3) is 2.80. The van der Waals surface area contributed by atoms with Crippen LogP contribution in [-0.2, 0) is 4.79 Å². The molecule has 1 aliphatic rings. The third-order valence-electron chi connectivity index (χ3n) is 3.53. The summed E-state index contributed by atoms with van der Waals surface area (Å²) in [4.78, 5) is 37.3. The van der Waals surface area contributed by atoms with Gasteiger partial charge in [-0.05, 0) is 18.9 Å².